The fourth-order valence-electron chi connectivity index (χ4n) is 2.85. The minimum absolute atomic E-state index is 0.279. The zero-order valence-corrected chi connectivity index (χ0v) is 14.3. The Morgan fingerprint density at radius 1 is 1.36 bits per heavy atom. The van der Waals surface area contributed by atoms with Crippen molar-refractivity contribution in [2.75, 3.05) is 19.0 Å². The summed E-state index contributed by atoms with van der Waals surface area (Å²) < 4.78 is 11.6. The topological polar surface area (TPSA) is 94.5 Å². The number of hydrogen-bond donors (Lipinski definition) is 2. The van der Waals surface area contributed by atoms with E-state index < -0.39 is 5.92 Å². The number of nitrogens with zero attached hydrogens (tertiary/aromatic N) is 2. The Bertz CT molecular complexity index is 784. The molecule has 2 aromatic rings. The maximum absolute atomic E-state index is 12.4. The number of methoxy groups -OCH3 is 1. The Morgan fingerprint density at radius 3 is 2.72 bits per heavy atom. The van der Waals surface area contributed by atoms with Crippen molar-refractivity contribution in [1.29, 1.82) is 0 Å². The number of rotatable bonds is 5. The van der Waals surface area contributed by atoms with Crippen LogP contribution < -0.4 is 15.4 Å². The number of amides is 1. The Labute approximate surface area is 145 Å². The molecule has 0 spiro atoms. The molecular weight excluding hydrogens is 324 g/mol. The predicted molar refractivity (Wildman–Crippen MR) is 91.3 cm³/mol. The van der Waals surface area contributed by atoms with Gasteiger partial charge in [-0.1, -0.05) is 0 Å². The molecule has 0 aliphatic carbocycles. The second kappa shape index (κ2) is 6.84. The zero-order valence-electron chi connectivity index (χ0n) is 14.3. The summed E-state index contributed by atoms with van der Waals surface area (Å²) in [7, 11) is 1.59. The molecule has 1 aliphatic heterocycles. The van der Waals surface area contributed by atoms with Gasteiger partial charge in [-0.3, -0.25) is 4.79 Å². The summed E-state index contributed by atoms with van der Waals surface area (Å²) in [6.07, 6.45) is 1.53. The number of carbonyl (C=O) groups excluding carboxylic acids is 2. The molecule has 1 amide bonds. The van der Waals surface area contributed by atoms with Crippen LogP contribution in [0.1, 0.15) is 25.5 Å². The molecule has 0 saturated heterocycles. The molecule has 0 fully saturated rings. The molecule has 25 heavy (non-hydrogen) atoms. The van der Waals surface area contributed by atoms with E-state index >= 15 is 0 Å². The number of nitrogens with one attached hydrogen (secondary N) is 2. The monoisotopic (exact) mass is 344 g/mol. The number of fused-ring (bicyclic) bond motifs is 1. The van der Waals surface area contributed by atoms with E-state index in [9.17, 15) is 9.59 Å². The second-order valence-electron chi connectivity index (χ2n) is 5.66. The summed E-state index contributed by atoms with van der Waals surface area (Å²) >= 11 is 0. The molecule has 2 unspecified atom stereocenters. The van der Waals surface area contributed by atoms with Gasteiger partial charge >= 0.3 is 12.0 Å². The number of benzene rings is 1. The lowest BCUT2D eigenvalue weighted by Gasteiger charge is -2.29. The van der Waals surface area contributed by atoms with Gasteiger partial charge in [-0.15, -0.1) is 0 Å². The number of ether oxygens (including phenoxy) is 2. The minimum Gasteiger partial charge on any atom is -0.497 e. The number of imidazole rings is 1. The highest BCUT2D eigenvalue weighted by atomic mass is 16.5. The highest BCUT2D eigenvalue weighted by Crippen LogP contribution is 2.29. The van der Waals surface area contributed by atoms with E-state index in [0.717, 1.165) is 11.4 Å². The van der Waals surface area contributed by atoms with E-state index in [-0.39, 0.29) is 24.6 Å². The second-order valence-corrected chi connectivity index (χ2v) is 5.66. The quantitative estimate of drug-likeness (QED) is 0.808. The summed E-state index contributed by atoms with van der Waals surface area (Å²) in [5.74, 6) is 0.0761. The summed E-state index contributed by atoms with van der Waals surface area (Å²) in [5.41, 5.74) is 1.25. The lowest BCUT2D eigenvalue weighted by molar-refractivity contribution is -0.145. The first-order valence-electron chi connectivity index (χ1n) is 8.01. The lowest BCUT2D eigenvalue weighted by atomic mass is 9.96. The van der Waals surface area contributed by atoms with Crippen LogP contribution in [0.3, 0.4) is 0 Å². The first-order valence-corrected chi connectivity index (χ1v) is 8.01. The molecule has 3 rings (SSSR count). The van der Waals surface area contributed by atoms with Crippen LogP contribution in [0.4, 0.5) is 16.4 Å². The van der Waals surface area contributed by atoms with Crippen LogP contribution in [0.5, 0.6) is 5.75 Å². The highest BCUT2D eigenvalue weighted by Gasteiger charge is 2.39. The van der Waals surface area contributed by atoms with Gasteiger partial charge < -0.3 is 20.1 Å². The Hall–Kier alpha value is -3.03. The third-order valence-corrected chi connectivity index (χ3v) is 4.05. The lowest BCUT2D eigenvalue weighted by Crippen LogP contribution is -2.48. The van der Waals surface area contributed by atoms with Gasteiger partial charge in [-0.2, -0.15) is 0 Å². The van der Waals surface area contributed by atoms with E-state index in [0.29, 0.717) is 11.6 Å². The van der Waals surface area contributed by atoms with Crippen molar-refractivity contribution in [2.24, 2.45) is 0 Å². The van der Waals surface area contributed by atoms with Crippen molar-refractivity contribution in [3.63, 3.8) is 0 Å². The van der Waals surface area contributed by atoms with Crippen molar-refractivity contribution in [3.05, 3.63) is 36.2 Å². The number of anilines is 2. The standard InChI is InChI=1S/C17H20N4O4/c1-4-25-15(22)14-10(2)19-17(23)21-13(14)9-18-16(21)20-11-5-7-12(24-3)8-6-11/h5-10,14H,4H2,1-3H3,(H,18,20)(H,19,23). The van der Waals surface area contributed by atoms with Crippen molar-refractivity contribution < 1.29 is 19.1 Å². The average Bonchev–Trinajstić information content (AvgIpc) is 2.99. The van der Waals surface area contributed by atoms with E-state index in [1.165, 1.54) is 10.8 Å². The molecule has 2 atom stereocenters. The van der Waals surface area contributed by atoms with Crippen LogP contribution in [0.2, 0.25) is 0 Å². The number of aromatic nitrogens is 2. The minimum atomic E-state index is -0.600. The number of esters is 1. The molecule has 0 radical (unpaired) electrons. The molecule has 1 aromatic heterocycles. The van der Waals surface area contributed by atoms with Crippen molar-refractivity contribution in [2.45, 2.75) is 25.8 Å². The van der Waals surface area contributed by atoms with Crippen LogP contribution in [-0.2, 0) is 9.53 Å². The first kappa shape index (κ1) is 16.8. The third kappa shape index (κ3) is 3.15. The number of carbonyl (C=O) groups is 2. The summed E-state index contributed by atoms with van der Waals surface area (Å²) in [6, 6.07) is 6.51. The fraction of sp³-hybridized carbons (Fsp3) is 0.353. The van der Waals surface area contributed by atoms with E-state index in [1.807, 2.05) is 12.1 Å². The van der Waals surface area contributed by atoms with Gasteiger partial charge in [0.2, 0.25) is 5.95 Å². The highest BCUT2D eigenvalue weighted by molar-refractivity contribution is 5.89. The van der Waals surface area contributed by atoms with E-state index in [4.69, 9.17) is 9.47 Å². The smallest absolute Gasteiger partial charge is 0.328 e. The molecule has 2 N–H and O–H groups in total. The van der Waals surface area contributed by atoms with Gasteiger partial charge in [-0.05, 0) is 38.1 Å². The molecule has 132 valence electrons. The molecule has 1 aromatic carbocycles. The summed E-state index contributed by atoms with van der Waals surface area (Å²) in [4.78, 5) is 28.9. The molecule has 8 heteroatoms. The van der Waals surface area contributed by atoms with Gasteiger partial charge in [0.25, 0.3) is 0 Å². The van der Waals surface area contributed by atoms with Crippen molar-refractivity contribution in [1.82, 2.24) is 14.9 Å². The predicted octanol–water partition coefficient (Wildman–Crippen LogP) is 2.24. The van der Waals surface area contributed by atoms with Crippen LogP contribution in [0.15, 0.2) is 30.5 Å². The zero-order chi connectivity index (χ0) is 18.0. The van der Waals surface area contributed by atoms with Crippen molar-refractivity contribution in [3.8, 4) is 5.75 Å². The van der Waals surface area contributed by atoms with Crippen LogP contribution in [0.25, 0.3) is 0 Å². The van der Waals surface area contributed by atoms with Crippen LogP contribution in [-0.4, -0.2) is 41.3 Å². The van der Waals surface area contributed by atoms with Crippen LogP contribution in [0, 0.1) is 0 Å². The molecule has 2 heterocycles. The van der Waals surface area contributed by atoms with Gasteiger partial charge in [-0.25, -0.2) is 14.3 Å². The largest absolute Gasteiger partial charge is 0.497 e. The number of hydrogen-bond acceptors (Lipinski definition) is 6. The van der Waals surface area contributed by atoms with E-state index in [1.54, 1.807) is 33.1 Å². The molecule has 0 bridgehead atoms. The summed E-state index contributed by atoms with van der Waals surface area (Å²) in [6.45, 7) is 3.80. The molecule has 0 saturated carbocycles. The van der Waals surface area contributed by atoms with Gasteiger partial charge in [0.05, 0.1) is 25.6 Å². The Morgan fingerprint density at radius 2 is 2.08 bits per heavy atom. The molecule has 8 nitrogen and oxygen atoms in total. The van der Waals surface area contributed by atoms with E-state index in [2.05, 4.69) is 15.6 Å². The molecular formula is C17H20N4O4. The normalized spacial score (nSPS) is 18.9. The molecule has 1 aliphatic rings. The average molecular weight is 344 g/mol. The first-order chi connectivity index (χ1) is 12.0. The Kier molecular flexibility index (Phi) is 4.60. The van der Waals surface area contributed by atoms with Crippen LogP contribution >= 0.6 is 0 Å². The SMILES string of the molecule is CCOC(=O)C1c2cnc(Nc3ccc(OC)cc3)n2C(=O)NC1C. The Balaban J connectivity index is 1.92. The fourth-order valence-corrected chi connectivity index (χ4v) is 2.85. The summed E-state index contributed by atoms with van der Waals surface area (Å²) in [5, 5.41) is 5.86. The van der Waals surface area contributed by atoms with Gasteiger partial charge in [0, 0.05) is 11.7 Å². The van der Waals surface area contributed by atoms with Gasteiger partial charge in [0.15, 0.2) is 0 Å². The maximum Gasteiger partial charge on any atom is 0.328 e. The maximum atomic E-state index is 12.4. The van der Waals surface area contributed by atoms with Gasteiger partial charge in [0.1, 0.15) is 11.7 Å². The third-order valence-electron chi connectivity index (χ3n) is 4.05. The van der Waals surface area contributed by atoms with Crippen molar-refractivity contribution >= 4 is 23.6 Å².